The van der Waals surface area contributed by atoms with E-state index in [-0.39, 0.29) is 17.6 Å². The highest BCUT2D eigenvalue weighted by molar-refractivity contribution is 5.32. The Labute approximate surface area is 185 Å². The summed E-state index contributed by atoms with van der Waals surface area (Å²) in [6.45, 7) is 3.94. The van der Waals surface area contributed by atoms with Crippen molar-refractivity contribution in [2.45, 2.75) is 25.3 Å². The van der Waals surface area contributed by atoms with Gasteiger partial charge in [0.2, 0.25) is 0 Å². The van der Waals surface area contributed by atoms with Gasteiger partial charge in [0, 0.05) is 25.6 Å². The molecular formula is C27H32F2N2. The molecule has 0 atom stereocenters. The van der Waals surface area contributed by atoms with Crippen molar-refractivity contribution in [2.75, 3.05) is 33.7 Å². The van der Waals surface area contributed by atoms with Gasteiger partial charge in [0.05, 0.1) is 0 Å². The van der Waals surface area contributed by atoms with Crippen molar-refractivity contribution in [3.63, 3.8) is 0 Å². The average Bonchev–Trinajstić information content (AvgIpc) is 2.78. The third-order valence-electron chi connectivity index (χ3n) is 5.74. The first-order chi connectivity index (χ1) is 15.0. The zero-order valence-electron chi connectivity index (χ0n) is 18.5. The summed E-state index contributed by atoms with van der Waals surface area (Å²) in [6, 6.07) is 23.9. The van der Waals surface area contributed by atoms with Crippen LogP contribution in [0.3, 0.4) is 0 Å². The molecule has 0 radical (unpaired) electrons. The minimum absolute atomic E-state index is 0.135. The zero-order chi connectivity index (χ0) is 22.1. The molecule has 0 spiro atoms. The van der Waals surface area contributed by atoms with E-state index in [1.54, 1.807) is 0 Å². The molecule has 0 unspecified atom stereocenters. The molecule has 2 nitrogen and oxygen atoms in total. The number of hydrogen-bond acceptors (Lipinski definition) is 2. The van der Waals surface area contributed by atoms with Crippen LogP contribution in [0, 0.1) is 11.6 Å². The predicted molar refractivity (Wildman–Crippen MR) is 124 cm³/mol. The largest absolute Gasteiger partial charge is 0.305 e. The lowest BCUT2D eigenvalue weighted by Crippen LogP contribution is -2.31. The lowest BCUT2D eigenvalue weighted by atomic mass is 9.87. The van der Waals surface area contributed by atoms with Crippen LogP contribution >= 0.6 is 0 Å². The molecule has 3 aromatic rings. The van der Waals surface area contributed by atoms with E-state index in [1.165, 1.54) is 29.8 Å². The summed E-state index contributed by atoms with van der Waals surface area (Å²) in [5, 5.41) is 0. The van der Waals surface area contributed by atoms with Gasteiger partial charge in [0.15, 0.2) is 0 Å². The summed E-state index contributed by atoms with van der Waals surface area (Å²) < 4.78 is 26.8. The van der Waals surface area contributed by atoms with E-state index in [2.05, 4.69) is 48.2 Å². The minimum atomic E-state index is -0.235. The fourth-order valence-corrected chi connectivity index (χ4v) is 3.91. The molecule has 0 aliphatic heterocycles. The van der Waals surface area contributed by atoms with E-state index >= 15 is 0 Å². The standard InChI is InChI=1S/C27H32F2N2/c1-30(19-20-31(2)21-22-7-4-3-5-8-22)18-6-9-27(23-10-14-25(28)15-11-23)24-12-16-26(29)17-13-24/h3-5,7-8,10-17,27H,6,9,18-21H2,1-2H3. The first-order valence-corrected chi connectivity index (χ1v) is 10.9. The van der Waals surface area contributed by atoms with Gasteiger partial charge in [-0.3, -0.25) is 0 Å². The highest BCUT2D eigenvalue weighted by Gasteiger charge is 2.15. The average molecular weight is 423 g/mol. The van der Waals surface area contributed by atoms with Crippen molar-refractivity contribution >= 4 is 0 Å². The van der Waals surface area contributed by atoms with Gasteiger partial charge in [-0.25, -0.2) is 8.78 Å². The third kappa shape index (κ3) is 7.57. The Morgan fingerprint density at radius 3 is 1.71 bits per heavy atom. The van der Waals surface area contributed by atoms with E-state index in [1.807, 2.05) is 30.3 Å². The molecule has 164 valence electrons. The van der Waals surface area contributed by atoms with Crippen molar-refractivity contribution in [1.82, 2.24) is 9.80 Å². The Morgan fingerprint density at radius 1 is 0.645 bits per heavy atom. The normalized spacial score (nSPS) is 11.6. The fraction of sp³-hybridized carbons (Fsp3) is 0.333. The number of rotatable bonds is 11. The molecule has 31 heavy (non-hydrogen) atoms. The van der Waals surface area contributed by atoms with Gasteiger partial charge in [-0.05, 0) is 74.4 Å². The second kappa shape index (κ2) is 11.7. The van der Waals surface area contributed by atoms with Crippen LogP contribution in [0.1, 0.15) is 35.4 Å². The van der Waals surface area contributed by atoms with Gasteiger partial charge in [-0.15, -0.1) is 0 Å². The lowest BCUT2D eigenvalue weighted by Gasteiger charge is -2.23. The zero-order valence-corrected chi connectivity index (χ0v) is 18.5. The highest BCUT2D eigenvalue weighted by atomic mass is 19.1. The van der Waals surface area contributed by atoms with Crippen LogP contribution in [0.4, 0.5) is 8.78 Å². The molecule has 0 saturated carbocycles. The summed E-state index contributed by atoms with van der Waals surface area (Å²) in [5.41, 5.74) is 3.46. The van der Waals surface area contributed by atoms with Crippen molar-refractivity contribution in [3.05, 3.63) is 107 Å². The molecule has 0 aliphatic rings. The maximum atomic E-state index is 13.4. The maximum absolute atomic E-state index is 13.4. The molecular weight excluding hydrogens is 390 g/mol. The molecule has 3 aromatic carbocycles. The molecule has 3 rings (SSSR count). The van der Waals surface area contributed by atoms with Crippen molar-refractivity contribution in [3.8, 4) is 0 Å². The Morgan fingerprint density at radius 2 is 1.16 bits per heavy atom. The molecule has 0 aromatic heterocycles. The Hall–Kier alpha value is -2.56. The van der Waals surface area contributed by atoms with E-state index in [0.717, 1.165) is 50.1 Å². The van der Waals surface area contributed by atoms with Crippen LogP contribution in [0.15, 0.2) is 78.9 Å². The number of hydrogen-bond donors (Lipinski definition) is 0. The van der Waals surface area contributed by atoms with Gasteiger partial charge in [-0.2, -0.15) is 0 Å². The Bertz CT molecular complexity index is 849. The van der Waals surface area contributed by atoms with Crippen LogP contribution in [0.25, 0.3) is 0 Å². The fourth-order valence-electron chi connectivity index (χ4n) is 3.91. The first kappa shape index (κ1) is 23.1. The maximum Gasteiger partial charge on any atom is 0.123 e. The molecule has 0 heterocycles. The van der Waals surface area contributed by atoms with Crippen LogP contribution in [0.5, 0.6) is 0 Å². The number of nitrogens with zero attached hydrogens (tertiary/aromatic N) is 2. The first-order valence-electron chi connectivity index (χ1n) is 10.9. The molecule has 4 heteroatoms. The highest BCUT2D eigenvalue weighted by Crippen LogP contribution is 2.29. The summed E-state index contributed by atoms with van der Waals surface area (Å²) >= 11 is 0. The van der Waals surface area contributed by atoms with Gasteiger partial charge in [-0.1, -0.05) is 54.6 Å². The molecule has 0 saturated heterocycles. The molecule has 0 N–H and O–H groups in total. The number of halogens is 2. The summed E-state index contributed by atoms with van der Waals surface area (Å²) in [5.74, 6) is -0.336. The van der Waals surface area contributed by atoms with Crippen LogP contribution in [-0.2, 0) is 6.54 Å². The lowest BCUT2D eigenvalue weighted by molar-refractivity contribution is 0.248. The smallest absolute Gasteiger partial charge is 0.123 e. The van der Waals surface area contributed by atoms with Gasteiger partial charge in [0.25, 0.3) is 0 Å². The van der Waals surface area contributed by atoms with Crippen LogP contribution < -0.4 is 0 Å². The summed E-state index contributed by atoms with van der Waals surface area (Å²) in [4.78, 5) is 4.69. The van der Waals surface area contributed by atoms with Crippen LogP contribution in [0.2, 0.25) is 0 Å². The van der Waals surface area contributed by atoms with Crippen molar-refractivity contribution in [2.24, 2.45) is 0 Å². The van der Waals surface area contributed by atoms with E-state index in [4.69, 9.17) is 0 Å². The van der Waals surface area contributed by atoms with Crippen LogP contribution in [-0.4, -0.2) is 43.5 Å². The quantitative estimate of drug-likeness (QED) is 0.377. The van der Waals surface area contributed by atoms with Crippen molar-refractivity contribution < 1.29 is 8.78 Å². The van der Waals surface area contributed by atoms with E-state index in [9.17, 15) is 8.78 Å². The number of benzene rings is 3. The summed E-state index contributed by atoms with van der Waals surface area (Å²) in [6.07, 6.45) is 1.94. The van der Waals surface area contributed by atoms with Gasteiger partial charge < -0.3 is 9.80 Å². The third-order valence-corrected chi connectivity index (χ3v) is 5.74. The van der Waals surface area contributed by atoms with E-state index < -0.39 is 0 Å². The van der Waals surface area contributed by atoms with Gasteiger partial charge in [0.1, 0.15) is 11.6 Å². The van der Waals surface area contributed by atoms with Crippen molar-refractivity contribution in [1.29, 1.82) is 0 Å². The second-order valence-electron chi connectivity index (χ2n) is 8.32. The monoisotopic (exact) mass is 422 g/mol. The van der Waals surface area contributed by atoms with E-state index in [0.29, 0.717) is 0 Å². The minimum Gasteiger partial charge on any atom is -0.305 e. The number of likely N-dealkylation sites (N-methyl/N-ethyl adjacent to an activating group) is 2. The Balaban J connectivity index is 1.50. The second-order valence-corrected chi connectivity index (χ2v) is 8.32. The van der Waals surface area contributed by atoms with Gasteiger partial charge >= 0.3 is 0 Å². The SMILES string of the molecule is CN(CCCC(c1ccc(F)cc1)c1ccc(F)cc1)CCN(C)Cc1ccccc1. The molecule has 0 fully saturated rings. The topological polar surface area (TPSA) is 6.48 Å². The summed E-state index contributed by atoms with van der Waals surface area (Å²) in [7, 11) is 4.31. The molecule has 0 aliphatic carbocycles. The molecule has 0 bridgehead atoms. The Kier molecular flexibility index (Phi) is 8.74. The molecule has 0 amide bonds. The predicted octanol–water partition coefficient (Wildman–Crippen LogP) is 5.94.